The Kier molecular flexibility index (Phi) is 7.46. The lowest BCUT2D eigenvalue weighted by molar-refractivity contribution is -0.121. The molecule has 0 aromatic heterocycles. The molecule has 0 bridgehead atoms. The Balaban J connectivity index is 2.14. The molecule has 116 valence electrons. The van der Waals surface area contributed by atoms with Crippen LogP contribution in [0.25, 0.3) is 0 Å². The average Bonchev–Trinajstić information content (AvgIpc) is 2.49. The van der Waals surface area contributed by atoms with Crippen molar-refractivity contribution in [2.24, 2.45) is 5.92 Å². The van der Waals surface area contributed by atoms with E-state index in [1.54, 1.807) is 12.1 Å². The highest BCUT2D eigenvalue weighted by Crippen LogP contribution is 2.00. The number of aliphatic hydroxyl groups excluding tert-OH is 1. The van der Waals surface area contributed by atoms with E-state index < -0.39 is 6.10 Å². The molecule has 1 unspecified atom stereocenters. The second kappa shape index (κ2) is 9.13. The summed E-state index contributed by atoms with van der Waals surface area (Å²) in [5, 5.41) is 15.0. The Hall–Kier alpha value is -1.88. The van der Waals surface area contributed by atoms with E-state index in [-0.39, 0.29) is 24.3 Å². The first-order valence-electron chi connectivity index (χ1n) is 7.28. The molecular weight excluding hydrogens is 268 g/mol. The Morgan fingerprint density at radius 3 is 2.43 bits per heavy atom. The zero-order chi connectivity index (χ0) is 15.7. The van der Waals surface area contributed by atoms with Gasteiger partial charge < -0.3 is 15.7 Å². The van der Waals surface area contributed by atoms with Crippen LogP contribution in [0.4, 0.5) is 0 Å². The lowest BCUT2D eigenvalue weighted by Crippen LogP contribution is -2.35. The van der Waals surface area contributed by atoms with E-state index in [2.05, 4.69) is 10.6 Å². The first kappa shape index (κ1) is 17.2. The third-order valence-corrected chi connectivity index (χ3v) is 3.18. The van der Waals surface area contributed by atoms with Crippen molar-refractivity contribution < 1.29 is 14.7 Å². The normalized spacial score (nSPS) is 12.0. The van der Waals surface area contributed by atoms with Gasteiger partial charge in [-0.15, -0.1) is 0 Å². The molecular formula is C16H24N2O3. The van der Waals surface area contributed by atoms with E-state index in [1.165, 1.54) is 0 Å². The second-order valence-corrected chi connectivity index (χ2v) is 5.34. The monoisotopic (exact) mass is 292 g/mol. The summed E-state index contributed by atoms with van der Waals surface area (Å²) in [5.74, 6) is -0.120. The molecule has 0 fully saturated rings. The van der Waals surface area contributed by atoms with Gasteiger partial charge in [0.25, 0.3) is 5.91 Å². The molecule has 2 amide bonds. The van der Waals surface area contributed by atoms with Gasteiger partial charge in [0.2, 0.25) is 5.91 Å². The number of nitrogens with one attached hydrogen (secondary N) is 2. The Morgan fingerprint density at radius 2 is 1.81 bits per heavy atom. The summed E-state index contributed by atoms with van der Waals surface area (Å²) < 4.78 is 0. The Morgan fingerprint density at radius 1 is 1.14 bits per heavy atom. The number of carbonyl (C=O) groups excluding carboxylic acids is 2. The molecule has 1 aromatic rings. The van der Waals surface area contributed by atoms with Gasteiger partial charge in [-0.25, -0.2) is 0 Å². The summed E-state index contributed by atoms with van der Waals surface area (Å²) in [6.45, 7) is 4.52. The topological polar surface area (TPSA) is 78.4 Å². The first-order chi connectivity index (χ1) is 10.0. The lowest BCUT2D eigenvalue weighted by atomic mass is 10.1. The summed E-state index contributed by atoms with van der Waals surface area (Å²) in [5.41, 5.74) is 0.613. The summed E-state index contributed by atoms with van der Waals surface area (Å²) in [4.78, 5) is 23.3. The quantitative estimate of drug-likeness (QED) is 0.633. The number of hydrogen-bond acceptors (Lipinski definition) is 3. The molecule has 0 radical (unpaired) electrons. The smallest absolute Gasteiger partial charge is 0.251 e. The molecule has 3 N–H and O–H groups in total. The van der Waals surface area contributed by atoms with Crippen LogP contribution in [0, 0.1) is 5.92 Å². The van der Waals surface area contributed by atoms with Crippen LogP contribution >= 0.6 is 0 Å². The van der Waals surface area contributed by atoms with E-state index in [0.717, 1.165) is 0 Å². The van der Waals surface area contributed by atoms with Gasteiger partial charge >= 0.3 is 0 Å². The van der Waals surface area contributed by atoms with Crippen molar-refractivity contribution in [2.45, 2.75) is 32.8 Å². The number of hydrogen-bond donors (Lipinski definition) is 3. The van der Waals surface area contributed by atoms with Gasteiger partial charge in [-0.1, -0.05) is 32.0 Å². The molecule has 0 aliphatic carbocycles. The minimum Gasteiger partial charge on any atom is -0.391 e. The van der Waals surface area contributed by atoms with Crippen LogP contribution in [0.2, 0.25) is 0 Å². The number of aliphatic hydroxyl groups is 1. The molecule has 0 spiro atoms. The predicted molar refractivity (Wildman–Crippen MR) is 81.9 cm³/mol. The number of benzene rings is 1. The zero-order valence-corrected chi connectivity index (χ0v) is 12.6. The number of rotatable bonds is 8. The molecule has 0 aliphatic rings. The van der Waals surface area contributed by atoms with Gasteiger partial charge in [0.05, 0.1) is 6.10 Å². The van der Waals surface area contributed by atoms with Crippen molar-refractivity contribution in [3.05, 3.63) is 35.9 Å². The number of amides is 2. The van der Waals surface area contributed by atoms with Gasteiger partial charge in [-0.3, -0.25) is 9.59 Å². The van der Waals surface area contributed by atoms with Crippen LogP contribution in [0.3, 0.4) is 0 Å². The summed E-state index contributed by atoms with van der Waals surface area (Å²) in [7, 11) is 0. The fraction of sp³-hybridized carbons (Fsp3) is 0.500. The van der Waals surface area contributed by atoms with E-state index in [4.69, 9.17) is 0 Å². The van der Waals surface area contributed by atoms with Crippen LogP contribution in [-0.2, 0) is 4.79 Å². The zero-order valence-electron chi connectivity index (χ0n) is 12.6. The van der Waals surface area contributed by atoms with Gasteiger partial charge in [0.15, 0.2) is 0 Å². The molecule has 5 heteroatoms. The molecule has 1 rings (SSSR count). The van der Waals surface area contributed by atoms with Crippen molar-refractivity contribution in [1.29, 1.82) is 0 Å². The van der Waals surface area contributed by atoms with E-state index in [1.807, 2.05) is 32.0 Å². The summed E-state index contributed by atoms with van der Waals surface area (Å²) in [6.07, 6.45) is 0.383. The maximum atomic E-state index is 11.7. The molecule has 21 heavy (non-hydrogen) atoms. The molecule has 1 aromatic carbocycles. The van der Waals surface area contributed by atoms with E-state index in [0.29, 0.717) is 24.9 Å². The molecule has 5 nitrogen and oxygen atoms in total. The summed E-state index contributed by atoms with van der Waals surface area (Å²) in [6, 6.07) is 8.96. The van der Waals surface area contributed by atoms with Crippen LogP contribution in [0.15, 0.2) is 30.3 Å². The highest BCUT2D eigenvalue weighted by molar-refractivity contribution is 5.94. The standard InChI is InChI=1S/C16H24N2O3/c1-12(2)14(19)11-18-15(20)9-6-10-17-16(21)13-7-4-3-5-8-13/h3-5,7-8,12,14,19H,6,9-11H2,1-2H3,(H,17,21)(H,18,20). The molecule has 0 saturated heterocycles. The van der Waals surface area contributed by atoms with Crippen molar-refractivity contribution in [1.82, 2.24) is 10.6 Å². The fourth-order valence-electron chi connectivity index (χ4n) is 1.68. The third kappa shape index (κ3) is 6.90. The van der Waals surface area contributed by atoms with Crippen LogP contribution in [-0.4, -0.2) is 36.1 Å². The molecule has 1 atom stereocenters. The second-order valence-electron chi connectivity index (χ2n) is 5.34. The van der Waals surface area contributed by atoms with Crippen molar-refractivity contribution in [2.75, 3.05) is 13.1 Å². The van der Waals surface area contributed by atoms with Gasteiger partial charge in [-0.05, 0) is 24.5 Å². The molecule has 0 aliphatic heterocycles. The number of carbonyl (C=O) groups is 2. The fourth-order valence-corrected chi connectivity index (χ4v) is 1.68. The van der Waals surface area contributed by atoms with E-state index in [9.17, 15) is 14.7 Å². The maximum Gasteiger partial charge on any atom is 0.251 e. The highest BCUT2D eigenvalue weighted by atomic mass is 16.3. The largest absolute Gasteiger partial charge is 0.391 e. The lowest BCUT2D eigenvalue weighted by Gasteiger charge is -2.15. The summed E-state index contributed by atoms with van der Waals surface area (Å²) >= 11 is 0. The van der Waals surface area contributed by atoms with Crippen LogP contribution in [0.5, 0.6) is 0 Å². The van der Waals surface area contributed by atoms with Crippen molar-refractivity contribution in [3.63, 3.8) is 0 Å². The van der Waals surface area contributed by atoms with E-state index >= 15 is 0 Å². The highest BCUT2D eigenvalue weighted by Gasteiger charge is 2.10. The van der Waals surface area contributed by atoms with Gasteiger partial charge in [-0.2, -0.15) is 0 Å². The molecule has 0 heterocycles. The first-order valence-corrected chi connectivity index (χ1v) is 7.28. The van der Waals surface area contributed by atoms with Crippen LogP contribution < -0.4 is 10.6 Å². The van der Waals surface area contributed by atoms with Crippen molar-refractivity contribution >= 4 is 11.8 Å². The van der Waals surface area contributed by atoms with Crippen LogP contribution in [0.1, 0.15) is 37.0 Å². The average molecular weight is 292 g/mol. The van der Waals surface area contributed by atoms with Gasteiger partial charge in [0.1, 0.15) is 0 Å². The minimum absolute atomic E-state index is 0.108. The SMILES string of the molecule is CC(C)C(O)CNC(=O)CCCNC(=O)c1ccccc1. The maximum absolute atomic E-state index is 11.7. The van der Waals surface area contributed by atoms with Crippen molar-refractivity contribution in [3.8, 4) is 0 Å². The molecule has 0 saturated carbocycles. The minimum atomic E-state index is -0.522. The van der Waals surface area contributed by atoms with Gasteiger partial charge in [0, 0.05) is 25.1 Å². The predicted octanol–water partition coefficient (Wildman–Crippen LogP) is 1.33. The Labute approximate surface area is 125 Å². The third-order valence-electron chi connectivity index (χ3n) is 3.18. The Bertz CT molecular complexity index is 446.